The van der Waals surface area contributed by atoms with Crippen LogP contribution >= 0.6 is 0 Å². The molecule has 0 atom stereocenters. The summed E-state index contributed by atoms with van der Waals surface area (Å²) in [5.41, 5.74) is 0.620. The molecular formula is C14H13N4O6S-. The number of nitrogens with zero attached hydrogens (tertiary/aromatic N) is 4. The van der Waals surface area contributed by atoms with Crippen molar-refractivity contribution in [2.75, 3.05) is 19.2 Å². The van der Waals surface area contributed by atoms with Crippen molar-refractivity contribution in [1.82, 2.24) is 0 Å². The van der Waals surface area contributed by atoms with Crippen molar-refractivity contribution in [3.05, 3.63) is 52.6 Å². The highest BCUT2D eigenvalue weighted by Crippen LogP contribution is 2.32. The van der Waals surface area contributed by atoms with Gasteiger partial charge in [0.15, 0.2) is 5.75 Å². The van der Waals surface area contributed by atoms with Crippen LogP contribution in [0.25, 0.3) is 0 Å². The van der Waals surface area contributed by atoms with Crippen molar-refractivity contribution in [2.45, 2.75) is 4.90 Å². The van der Waals surface area contributed by atoms with Gasteiger partial charge in [-0.05, 0) is 30.3 Å². The Morgan fingerprint density at radius 1 is 1.16 bits per heavy atom. The zero-order chi connectivity index (χ0) is 18.6. The Kier molecular flexibility index (Phi) is 5.29. The molecule has 2 aromatic carbocycles. The van der Waals surface area contributed by atoms with Crippen molar-refractivity contribution in [2.24, 2.45) is 10.3 Å². The van der Waals surface area contributed by atoms with Crippen molar-refractivity contribution in [3.63, 3.8) is 0 Å². The van der Waals surface area contributed by atoms with Crippen LogP contribution in [-0.2, 0) is 10.1 Å². The quantitative estimate of drug-likeness (QED) is 0.332. The van der Waals surface area contributed by atoms with Crippen molar-refractivity contribution in [1.29, 1.82) is 0 Å². The zero-order valence-electron chi connectivity index (χ0n) is 13.2. The molecule has 0 unspecified atom stereocenters. The molecule has 11 heteroatoms. The fourth-order valence-corrected chi connectivity index (χ4v) is 2.33. The fraction of sp³-hybridized carbons (Fsp3) is 0.143. The van der Waals surface area contributed by atoms with Crippen LogP contribution in [-0.4, -0.2) is 32.1 Å². The van der Waals surface area contributed by atoms with Gasteiger partial charge >= 0.3 is 0 Å². The first-order valence-electron chi connectivity index (χ1n) is 6.76. The monoisotopic (exact) mass is 365 g/mol. The lowest BCUT2D eigenvalue weighted by Crippen LogP contribution is -2.07. The molecule has 132 valence electrons. The third-order valence-corrected chi connectivity index (χ3v) is 4.01. The van der Waals surface area contributed by atoms with Gasteiger partial charge in [-0.25, -0.2) is 13.4 Å². The number of hydrogen-bond donors (Lipinski definition) is 0. The molecule has 2 aromatic rings. The summed E-state index contributed by atoms with van der Waals surface area (Å²) in [5, 5.41) is 20.0. The lowest BCUT2D eigenvalue weighted by Gasteiger charge is -2.13. The molecule has 0 amide bonds. The molecule has 10 nitrogen and oxygen atoms in total. The molecule has 0 fully saturated rings. The van der Waals surface area contributed by atoms with Gasteiger partial charge in [0.1, 0.15) is 15.8 Å². The first-order valence-corrected chi connectivity index (χ1v) is 8.17. The number of hydrogen-bond acceptors (Lipinski definition) is 8. The lowest BCUT2D eigenvalue weighted by molar-refractivity contribution is -0.384. The third kappa shape index (κ3) is 4.49. The summed E-state index contributed by atoms with van der Waals surface area (Å²) in [6.07, 6.45) is 0. The van der Waals surface area contributed by atoms with Crippen molar-refractivity contribution >= 4 is 27.2 Å². The first kappa shape index (κ1) is 18.3. The fourth-order valence-electron chi connectivity index (χ4n) is 1.86. The molecule has 0 radical (unpaired) electrons. The second-order valence-corrected chi connectivity index (χ2v) is 6.15. The molecule has 0 aromatic heterocycles. The van der Waals surface area contributed by atoms with E-state index in [2.05, 4.69) is 10.3 Å². The molecule has 0 bridgehead atoms. The average Bonchev–Trinajstić information content (AvgIpc) is 2.58. The second kappa shape index (κ2) is 7.23. The van der Waals surface area contributed by atoms with Crippen LogP contribution in [0.15, 0.2) is 57.7 Å². The highest BCUT2D eigenvalue weighted by Gasteiger charge is 2.11. The number of ether oxygens (including phenoxy) is 1. The van der Waals surface area contributed by atoms with Crippen LogP contribution in [0, 0.1) is 10.1 Å². The Balaban J connectivity index is 2.22. The molecule has 0 aliphatic carbocycles. The molecule has 0 saturated heterocycles. The number of non-ortho nitro benzene ring substituents is 1. The Morgan fingerprint density at radius 3 is 2.32 bits per heavy atom. The van der Waals surface area contributed by atoms with Gasteiger partial charge in [0.2, 0.25) is 0 Å². The van der Waals surface area contributed by atoms with Gasteiger partial charge in [0.25, 0.3) is 5.69 Å². The molecule has 0 heterocycles. The Hall–Kier alpha value is -3.05. The van der Waals surface area contributed by atoms with E-state index in [9.17, 15) is 23.1 Å². The van der Waals surface area contributed by atoms with Gasteiger partial charge in [0, 0.05) is 13.1 Å². The van der Waals surface area contributed by atoms with Crippen molar-refractivity contribution < 1.29 is 22.6 Å². The first-order chi connectivity index (χ1) is 11.7. The van der Waals surface area contributed by atoms with E-state index >= 15 is 0 Å². The average molecular weight is 365 g/mol. The van der Waals surface area contributed by atoms with Crippen molar-refractivity contribution in [3.8, 4) is 5.75 Å². The molecular weight excluding hydrogens is 352 g/mol. The summed E-state index contributed by atoms with van der Waals surface area (Å²) in [6.45, 7) is 0. The van der Waals surface area contributed by atoms with Gasteiger partial charge in [-0.1, -0.05) is 5.22 Å². The number of nitro groups is 1. The van der Waals surface area contributed by atoms with Crippen LogP contribution in [0.2, 0.25) is 0 Å². The van der Waals surface area contributed by atoms with Gasteiger partial charge < -0.3 is 9.29 Å². The molecule has 2 rings (SSSR count). The van der Waals surface area contributed by atoms with E-state index in [4.69, 9.17) is 4.74 Å². The van der Waals surface area contributed by atoms with Gasteiger partial charge in [0.05, 0.1) is 28.7 Å². The van der Waals surface area contributed by atoms with Crippen LogP contribution in [0.4, 0.5) is 17.1 Å². The predicted molar refractivity (Wildman–Crippen MR) is 87.0 cm³/mol. The molecule has 0 aliphatic rings. The molecule has 0 aliphatic heterocycles. The maximum absolute atomic E-state index is 10.9. The SMILES string of the molecule is COc1cc([N+](=O)[O-])ccc1N=NN(C)c1ccc(S(=O)(=O)[O-])cc1. The normalized spacial score (nSPS) is 11.5. The van der Waals surface area contributed by atoms with E-state index in [1.54, 1.807) is 7.05 Å². The number of rotatable bonds is 6. The summed E-state index contributed by atoms with van der Waals surface area (Å²) in [5.74, 6) is 0.180. The minimum atomic E-state index is -4.51. The van der Waals surface area contributed by atoms with Crippen LogP contribution in [0.1, 0.15) is 0 Å². The van der Waals surface area contributed by atoms with Crippen LogP contribution < -0.4 is 9.75 Å². The minimum Gasteiger partial charge on any atom is -0.744 e. The van der Waals surface area contributed by atoms with E-state index in [0.29, 0.717) is 5.69 Å². The molecule has 0 spiro atoms. The summed E-state index contributed by atoms with van der Waals surface area (Å²) in [7, 11) is -1.61. The summed E-state index contributed by atoms with van der Waals surface area (Å²) >= 11 is 0. The largest absolute Gasteiger partial charge is 0.744 e. The number of nitro benzene ring substituents is 1. The summed E-state index contributed by atoms with van der Waals surface area (Å²) < 4.78 is 37.7. The molecule has 25 heavy (non-hydrogen) atoms. The second-order valence-electron chi connectivity index (χ2n) is 4.77. The van der Waals surface area contributed by atoms with E-state index < -0.39 is 15.0 Å². The lowest BCUT2D eigenvalue weighted by atomic mass is 10.2. The summed E-state index contributed by atoms with van der Waals surface area (Å²) in [4.78, 5) is 9.85. The van der Waals surface area contributed by atoms with E-state index in [-0.39, 0.29) is 22.0 Å². The maximum Gasteiger partial charge on any atom is 0.273 e. The van der Waals surface area contributed by atoms with E-state index in [0.717, 1.165) is 12.1 Å². The molecule has 0 saturated carbocycles. The Labute approximate surface area is 143 Å². The maximum atomic E-state index is 10.9. The Bertz CT molecular complexity index is 911. The number of methoxy groups -OCH3 is 1. The van der Waals surface area contributed by atoms with Gasteiger partial charge in [-0.15, -0.1) is 5.11 Å². The zero-order valence-corrected chi connectivity index (χ0v) is 14.0. The minimum absolute atomic E-state index is 0.140. The van der Waals surface area contributed by atoms with E-state index in [1.165, 1.54) is 42.5 Å². The van der Waals surface area contributed by atoms with Crippen LogP contribution in [0.3, 0.4) is 0 Å². The highest BCUT2D eigenvalue weighted by atomic mass is 32.2. The van der Waals surface area contributed by atoms with Gasteiger partial charge in [-0.3, -0.25) is 10.1 Å². The Morgan fingerprint density at radius 2 is 1.80 bits per heavy atom. The predicted octanol–water partition coefficient (Wildman–Crippen LogP) is 2.64. The summed E-state index contributed by atoms with van der Waals surface area (Å²) in [6, 6.07) is 9.01. The van der Waals surface area contributed by atoms with E-state index in [1.807, 2.05) is 0 Å². The standard InChI is InChI=1S/C14H14N4O6S/c1-17(10-3-6-12(7-4-10)25(21,22)23)16-15-13-8-5-11(18(19)20)9-14(13)24-2/h3-9H,1-2H3,(H,21,22,23)/p-1. The highest BCUT2D eigenvalue weighted by molar-refractivity contribution is 7.85. The number of anilines is 1. The van der Waals surface area contributed by atoms with Gasteiger partial charge in [-0.2, -0.15) is 0 Å². The topological polar surface area (TPSA) is 138 Å². The smallest absolute Gasteiger partial charge is 0.273 e. The molecule has 0 N–H and O–H groups in total. The number of benzene rings is 2. The van der Waals surface area contributed by atoms with Crippen LogP contribution in [0.5, 0.6) is 5.75 Å². The third-order valence-electron chi connectivity index (χ3n) is 3.16.